The first kappa shape index (κ1) is 17.7. The fourth-order valence-electron chi connectivity index (χ4n) is 2.66. The number of hydrogen-bond acceptors (Lipinski definition) is 6. The van der Waals surface area contributed by atoms with Crippen LogP contribution < -0.4 is 19.1 Å². The maximum absolute atomic E-state index is 11.9. The van der Waals surface area contributed by atoms with Gasteiger partial charge in [-0.3, -0.25) is 0 Å². The highest BCUT2D eigenvalue weighted by atomic mass is 32.2. The van der Waals surface area contributed by atoms with E-state index in [0.29, 0.717) is 43.4 Å². The minimum Gasteiger partial charge on any atom is -0.493 e. The first-order valence-corrected chi connectivity index (χ1v) is 9.10. The molecule has 0 saturated carbocycles. The Morgan fingerprint density at radius 1 is 0.957 bits per heavy atom. The van der Waals surface area contributed by atoms with Crippen LogP contribution in [0.25, 0.3) is 0 Å². The van der Waals surface area contributed by atoms with E-state index in [-0.39, 0.29) is 5.75 Å². The molecule has 0 N–H and O–H groups in total. The molecule has 1 aliphatic heterocycles. The van der Waals surface area contributed by atoms with E-state index >= 15 is 0 Å². The summed E-state index contributed by atoms with van der Waals surface area (Å²) in [6.45, 7) is 3.87. The van der Waals surface area contributed by atoms with Gasteiger partial charge in [-0.15, -0.1) is 0 Å². The second-order valence-corrected chi connectivity index (χ2v) is 7.43. The van der Waals surface area contributed by atoms with Crippen LogP contribution in [0, 0.1) is 0 Å². The zero-order valence-electron chi connectivity index (χ0n) is 14.0. The van der Waals surface area contributed by atoms with Gasteiger partial charge in [0, 0.05) is 44.0 Å². The maximum atomic E-state index is 11.9. The van der Waals surface area contributed by atoms with E-state index in [4.69, 9.17) is 14.2 Å². The number of anilines is 1. The number of sulfonamides is 1. The van der Waals surface area contributed by atoms with E-state index in [1.807, 2.05) is 12.1 Å². The number of methoxy groups -OCH3 is 3. The maximum Gasteiger partial charge on any atom is 0.213 e. The smallest absolute Gasteiger partial charge is 0.213 e. The lowest BCUT2D eigenvalue weighted by Crippen LogP contribution is -2.49. The Labute approximate surface area is 137 Å². The van der Waals surface area contributed by atoms with Crippen LogP contribution in [-0.4, -0.2) is 66.0 Å². The largest absolute Gasteiger partial charge is 0.493 e. The molecular formula is C15H24N2O5S. The number of nitrogens with zero attached hydrogens (tertiary/aromatic N) is 2. The van der Waals surface area contributed by atoms with Gasteiger partial charge in [0.05, 0.1) is 27.1 Å². The van der Waals surface area contributed by atoms with Gasteiger partial charge in [0.1, 0.15) is 0 Å². The molecule has 8 heteroatoms. The highest BCUT2D eigenvalue weighted by molar-refractivity contribution is 7.89. The van der Waals surface area contributed by atoms with E-state index < -0.39 is 10.0 Å². The van der Waals surface area contributed by atoms with Gasteiger partial charge in [-0.2, -0.15) is 4.31 Å². The molecule has 0 amide bonds. The number of hydrogen-bond donors (Lipinski definition) is 0. The zero-order valence-corrected chi connectivity index (χ0v) is 14.9. The Balaban J connectivity index is 2.21. The molecule has 0 bridgehead atoms. The van der Waals surface area contributed by atoms with Crippen LogP contribution in [0.2, 0.25) is 0 Å². The summed E-state index contributed by atoms with van der Waals surface area (Å²) in [4.78, 5) is 2.12. The van der Waals surface area contributed by atoms with Crippen LogP contribution in [0.5, 0.6) is 17.2 Å². The molecule has 1 fully saturated rings. The van der Waals surface area contributed by atoms with E-state index in [1.54, 1.807) is 32.6 Å². The summed E-state index contributed by atoms with van der Waals surface area (Å²) < 4.78 is 41.5. The molecule has 1 aromatic carbocycles. The van der Waals surface area contributed by atoms with Gasteiger partial charge >= 0.3 is 0 Å². The Hall–Kier alpha value is -1.67. The third kappa shape index (κ3) is 3.64. The normalized spacial score (nSPS) is 16.3. The Morgan fingerprint density at radius 2 is 1.48 bits per heavy atom. The van der Waals surface area contributed by atoms with Crippen molar-refractivity contribution < 1.29 is 22.6 Å². The van der Waals surface area contributed by atoms with Crippen molar-refractivity contribution in [1.29, 1.82) is 0 Å². The molecule has 1 saturated heterocycles. The third-order valence-corrected chi connectivity index (χ3v) is 5.89. The molecular weight excluding hydrogens is 320 g/mol. The van der Waals surface area contributed by atoms with Gasteiger partial charge in [-0.05, 0) is 6.92 Å². The quantitative estimate of drug-likeness (QED) is 0.772. The SMILES string of the molecule is CCS(=O)(=O)N1CCN(c2cc(OC)c(OC)c(OC)c2)CC1. The van der Waals surface area contributed by atoms with Gasteiger partial charge < -0.3 is 19.1 Å². The molecule has 1 aromatic rings. The average molecular weight is 344 g/mol. The second-order valence-electron chi connectivity index (χ2n) is 5.17. The van der Waals surface area contributed by atoms with E-state index in [9.17, 15) is 8.42 Å². The van der Waals surface area contributed by atoms with Crippen molar-refractivity contribution >= 4 is 15.7 Å². The van der Waals surface area contributed by atoms with Crippen molar-refractivity contribution in [2.45, 2.75) is 6.92 Å². The summed E-state index contributed by atoms with van der Waals surface area (Å²) >= 11 is 0. The lowest BCUT2D eigenvalue weighted by molar-refractivity contribution is 0.324. The van der Waals surface area contributed by atoms with Gasteiger partial charge in [-0.25, -0.2) is 8.42 Å². The molecule has 0 aliphatic carbocycles. The molecule has 1 aliphatic rings. The van der Waals surface area contributed by atoms with Crippen LogP contribution in [-0.2, 0) is 10.0 Å². The summed E-state index contributed by atoms with van der Waals surface area (Å²) in [6, 6.07) is 3.76. The summed E-state index contributed by atoms with van der Waals surface area (Å²) in [5.41, 5.74) is 0.924. The number of benzene rings is 1. The fourth-order valence-corrected chi connectivity index (χ4v) is 3.74. The van der Waals surface area contributed by atoms with Crippen molar-refractivity contribution in [3.8, 4) is 17.2 Å². The molecule has 23 heavy (non-hydrogen) atoms. The average Bonchev–Trinajstić information content (AvgIpc) is 2.60. The summed E-state index contributed by atoms with van der Waals surface area (Å²) in [7, 11) is 1.59. The molecule has 0 spiro atoms. The lowest BCUT2D eigenvalue weighted by atomic mass is 10.2. The van der Waals surface area contributed by atoms with Gasteiger partial charge in [0.2, 0.25) is 15.8 Å². The van der Waals surface area contributed by atoms with Crippen molar-refractivity contribution in [2.24, 2.45) is 0 Å². The topological polar surface area (TPSA) is 68.3 Å². The third-order valence-electron chi connectivity index (χ3n) is 4.01. The van der Waals surface area contributed by atoms with Crippen molar-refractivity contribution in [2.75, 3.05) is 58.2 Å². The molecule has 130 valence electrons. The van der Waals surface area contributed by atoms with E-state index in [0.717, 1.165) is 5.69 Å². The summed E-state index contributed by atoms with van der Waals surface area (Å²) in [6.07, 6.45) is 0. The monoisotopic (exact) mass is 344 g/mol. The first-order chi connectivity index (χ1) is 11.0. The summed E-state index contributed by atoms with van der Waals surface area (Å²) in [5.74, 6) is 1.86. The van der Waals surface area contributed by atoms with E-state index in [2.05, 4.69) is 4.90 Å². The molecule has 2 rings (SSSR count). The number of ether oxygens (including phenoxy) is 3. The molecule has 0 radical (unpaired) electrons. The molecule has 7 nitrogen and oxygen atoms in total. The minimum absolute atomic E-state index is 0.136. The van der Waals surface area contributed by atoms with Crippen LogP contribution in [0.1, 0.15) is 6.92 Å². The van der Waals surface area contributed by atoms with Gasteiger partial charge in [0.15, 0.2) is 11.5 Å². The van der Waals surface area contributed by atoms with Crippen LogP contribution >= 0.6 is 0 Å². The van der Waals surface area contributed by atoms with Crippen molar-refractivity contribution in [3.05, 3.63) is 12.1 Å². The molecule has 0 unspecified atom stereocenters. The second kappa shape index (κ2) is 7.27. The van der Waals surface area contributed by atoms with Crippen LogP contribution in [0.3, 0.4) is 0 Å². The first-order valence-electron chi connectivity index (χ1n) is 7.49. The van der Waals surface area contributed by atoms with Gasteiger partial charge in [-0.1, -0.05) is 0 Å². The van der Waals surface area contributed by atoms with E-state index in [1.165, 1.54) is 0 Å². The van der Waals surface area contributed by atoms with Crippen LogP contribution in [0.15, 0.2) is 12.1 Å². The highest BCUT2D eigenvalue weighted by Gasteiger charge is 2.26. The van der Waals surface area contributed by atoms with Crippen molar-refractivity contribution in [3.63, 3.8) is 0 Å². The predicted octanol–water partition coefficient (Wildman–Crippen LogP) is 1.18. The van der Waals surface area contributed by atoms with Crippen LogP contribution in [0.4, 0.5) is 5.69 Å². The number of rotatable bonds is 6. The van der Waals surface area contributed by atoms with Crippen molar-refractivity contribution in [1.82, 2.24) is 4.31 Å². The van der Waals surface area contributed by atoms with Gasteiger partial charge in [0.25, 0.3) is 0 Å². The molecule has 1 heterocycles. The zero-order chi connectivity index (χ0) is 17.0. The Kier molecular flexibility index (Phi) is 5.59. The standard InChI is InChI=1S/C15H24N2O5S/c1-5-23(18,19)17-8-6-16(7-9-17)12-10-13(20-2)15(22-4)14(11-12)21-3/h10-11H,5-9H2,1-4H3. The number of piperazine rings is 1. The predicted molar refractivity (Wildman–Crippen MR) is 89.3 cm³/mol. The molecule has 0 atom stereocenters. The molecule has 0 aromatic heterocycles. The summed E-state index contributed by atoms with van der Waals surface area (Å²) in [5, 5.41) is 0. The Morgan fingerprint density at radius 3 is 1.87 bits per heavy atom. The highest BCUT2D eigenvalue weighted by Crippen LogP contribution is 2.41. The lowest BCUT2D eigenvalue weighted by Gasteiger charge is -2.35. The minimum atomic E-state index is -3.13. The Bertz CT molecular complexity index is 614. The fraction of sp³-hybridized carbons (Fsp3) is 0.600.